The number of amides is 1. The highest BCUT2D eigenvalue weighted by molar-refractivity contribution is 7.13. The third-order valence-electron chi connectivity index (χ3n) is 5.08. The first-order valence-corrected chi connectivity index (χ1v) is 10.4. The first-order valence-electron chi connectivity index (χ1n) is 9.56. The molecule has 4 rings (SSSR count). The van der Waals surface area contributed by atoms with Gasteiger partial charge in [0.15, 0.2) is 5.60 Å². The molecule has 1 aromatic heterocycles. The van der Waals surface area contributed by atoms with E-state index in [2.05, 4.69) is 41.5 Å². The molecule has 5 nitrogen and oxygen atoms in total. The number of cyclic esters (lactones) is 1. The van der Waals surface area contributed by atoms with Gasteiger partial charge in [-0.3, -0.25) is 4.79 Å². The van der Waals surface area contributed by atoms with Crippen molar-refractivity contribution in [2.75, 3.05) is 6.54 Å². The second-order valence-corrected chi connectivity index (χ2v) is 8.33. The number of hydrogen-bond acceptors (Lipinski definition) is 5. The molecule has 29 heavy (non-hydrogen) atoms. The van der Waals surface area contributed by atoms with Gasteiger partial charge in [0.1, 0.15) is 5.01 Å². The van der Waals surface area contributed by atoms with Crippen LogP contribution in [-0.2, 0) is 22.4 Å². The normalized spacial score (nSPS) is 18.1. The highest BCUT2D eigenvalue weighted by atomic mass is 32.1. The molecule has 1 N–H and O–H groups in total. The number of esters is 1. The van der Waals surface area contributed by atoms with Crippen molar-refractivity contribution in [2.45, 2.75) is 32.3 Å². The lowest BCUT2D eigenvalue weighted by Gasteiger charge is -2.33. The number of benzene rings is 2. The third-order valence-corrected chi connectivity index (χ3v) is 6.02. The van der Waals surface area contributed by atoms with Crippen LogP contribution in [0.15, 0.2) is 53.9 Å². The molecule has 1 aliphatic heterocycles. The molecular formula is C23H22N2O3S. The highest BCUT2D eigenvalue weighted by Gasteiger charge is 2.42. The van der Waals surface area contributed by atoms with E-state index in [1.807, 2.05) is 17.5 Å². The van der Waals surface area contributed by atoms with Crippen LogP contribution in [0.2, 0.25) is 0 Å². The van der Waals surface area contributed by atoms with Crippen LogP contribution in [0.5, 0.6) is 0 Å². The molecule has 148 valence electrons. The van der Waals surface area contributed by atoms with E-state index in [9.17, 15) is 9.59 Å². The van der Waals surface area contributed by atoms with Crippen molar-refractivity contribution in [1.82, 2.24) is 10.3 Å². The van der Waals surface area contributed by atoms with Crippen molar-refractivity contribution in [3.8, 4) is 10.6 Å². The zero-order valence-corrected chi connectivity index (χ0v) is 17.2. The number of aryl methyl sites for hydroxylation is 1. The molecule has 2 aromatic carbocycles. The van der Waals surface area contributed by atoms with Gasteiger partial charge in [0.2, 0.25) is 0 Å². The first kappa shape index (κ1) is 19.3. The maximum atomic E-state index is 12.7. The number of carbonyl (C=O) groups is 2. The zero-order valence-electron chi connectivity index (χ0n) is 16.4. The molecular weight excluding hydrogens is 384 g/mol. The van der Waals surface area contributed by atoms with Crippen LogP contribution in [0.1, 0.15) is 34.1 Å². The van der Waals surface area contributed by atoms with Gasteiger partial charge in [-0.05, 0) is 25.5 Å². The second-order valence-electron chi connectivity index (χ2n) is 7.47. The molecule has 3 aromatic rings. The summed E-state index contributed by atoms with van der Waals surface area (Å²) >= 11 is 1.59. The Morgan fingerprint density at radius 1 is 1.21 bits per heavy atom. The summed E-state index contributed by atoms with van der Waals surface area (Å²) in [6.45, 7) is 4.15. The number of rotatable bonds is 5. The monoisotopic (exact) mass is 406 g/mol. The maximum Gasteiger partial charge on any atom is 0.339 e. The minimum Gasteiger partial charge on any atom is -0.445 e. The lowest BCUT2D eigenvalue weighted by molar-refractivity contribution is -0.139. The smallest absolute Gasteiger partial charge is 0.339 e. The molecule has 0 spiro atoms. The van der Waals surface area contributed by atoms with E-state index < -0.39 is 11.6 Å². The first-order chi connectivity index (χ1) is 13.9. The predicted octanol–water partition coefficient (Wildman–Crippen LogP) is 3.95. The largest absolute Gasteiger partial charge is 0.445 e. The molecule has 1 unspecified atom stereocenters. The second kappa shape index (κ2) is 7.79. The number of ether oxygens (including phenoxy) is 1. The van der Waals surface area contributed by atoms with Gasteiger partial charge in [-0.25, -0.2) is 9.78 Å². The number of hydrogen-bond donors (Lipinski definition) is 1. The number of nitrogens with zero attached hydrogens (tertiary/aromatic N) is 1. The van der Waals surface area contributed by atoms with E-state index in [4.69, 9.17) is 4.74 Å². The van der Waals surface area contributed by atoms with Crippen molar-refractivity contribution >= 4 is 23.2 Å². The Labute approximate surface area is 173 Å². The maximum absolute atomic E-state index is 12.7. The summed E-state index contributed by atoms with van der Waals surface area (Å²) < 4.78 is 5.47. The molecule has 0 bridgehead atoms. The summed E-state index contributed by atoms with van der Waals surface area (Å²) in [7, 11) is 0. The Kier molecular flexibility index (Phi) is 5.20. The number of aromatic nitrogens is 1. The van der Waals surface area contributed by atoms with Crippen molar-refractivity contribution in [1.29, 1.82) is 0 Å². The number of fused-ring (bicyclic) bond motifs is 1. The standard InChI is InChI=1S/C23H22N2O3S/c1-15-7-9-16(10-8-15)20-25-18(14-29-20)11-12-24-22(27)23(2)13-17-5-3-4-6-19(17)21(26)28-23/h3-10,14H,11-13H2,1-2H3,(H,24,27). The van der Waals surface area contributed by atoms with Crippen molar-refractivity contribution in [2.24, 2.45) is 0 Å². The van der Waals surface area contributed by atoms with Crippen molar-refractivity contribution in [3.05, 3.63) is 76.3 Å². The van der Waals surface area contributed by atoms with E-state index in [0.717, 1.165) is 21.8 Å². The fourth-order valence-electron chi connectivity index (χ4n) is 3.40. The van der Waals surface area contributed by atoms with Crippen molar-refractivity contribution < 1.29 is 14.3 Å². The van der Waals surface area contributed by atoms with Crippen LogP contribution in [0.25, 0.3) is 10.6 Å². The van der Waals surface area contributed by atoms with Gasteiger partial charge in [0.05, 0.1) is 11.3 Å². The van der Waals surface area contributed by atoms with E-state index in [0.29, 0.717) is 24.9 Å². The van der Waals surface area contributed by atoms with E-state index in [1.54, 1.807) is 30.4 Å². The number of nitrogens with one attached hydrogen (secondary N) is 1. The minimum atomic E-state index is -1.19. The van der Waals surface area contributed by atoms with Gasteiger partial charge in [-0.15, -0.1) is 11.3 Å². The van der Waals surface area contributed by atoms with Gasteiger partial charge in [-0.1, -0.05) is 48.0 Å². The van der Waals surface area contributed by atoms with Crippen LogP contribution < -0.4 is 5.32 Å². The van der Waals surface area contributed by atoms with Gasteiger partial charge >= 0.3 is 5.97 Å². The molecule has 6 heteroatoms. The summed E-state index contributed by atoms with van der Waals surface area (Å²) in [6, 6.07) is 15.5. The lowest BCUT2D eigenvalue weighted by Crippen LogP contribution is -2.52. The Morgan fingerprint density at radius 3 is 2.76 bits per heavy atom. The Bertz CT molecular complexity index is 1060. The molecule has 1 aliphatic rings. The summed E-state index contributed by atoms with van der Waals surface area (Å²) in [5.74, 6) is -0.735. The highest BCUT2D eigenvalue weighted by Crippen LogP contribution is 2.28. The Morgan fingerprint density at radius 2 is 1.97 bits per heavy atom. The predicted molar refractivity (Wildman–Crippen MR) is 113 cm³/mol. The van der Waals surface area contributed by atoms with E-state index in [-0.39, 0.29) is 5.91 Å². The molecule has 1 atom stereocenters. The van der Waals surface area contributed by atoms with Gasteiger partial charge in [0, 0.05) is 30.3 Å². The van der Waals surface area contributed by atoms with E-state index in [1.165, 1.54) is 5.56 Å². The molecule has 0 saturated heterocycles. The third kappa shape index (κ3) is 4.07. The van der Waals surface area contributed by atoms with Crippen LogP contribution in [-0.4, -0.2) is 29.0 Å². The van der Waals surface area contributed by atoms with Gasteiger partial charge in [0.25, 0.3) is 5.91 Å². The lowest BCUT2D eigenvalue weighted by atomic mass is 9.89. The van der Waals surface area contributed by atoms with Crippen LogP contribution >= 0.6 is 11.3 Å². The molecule has 0 saturated carbocycles. The molecule has 0 aliphatic carbocycles. The average Bonchev–Trinajstić information content (AvgIpc) is 3.17. The molecule has 0 radical (unpaired) electrons. The fraction of sp³-hybridized carbons (Fsp3) is 0.261. The summed E-state index contributed by atoms with van der Waals surface area (Å²) in [4.78, 5) is 29.6. The summed E-state index contributed by atoms with van der Waals surface area (Å²) in [6.07, 6.45) is 0.990. The topological polar surface area (TPSA) is 68.3 Å². The van der Waals surface area contributed by atoms with Crippen molar-refractivity contribution in [3.63, 3.8) is 0 Å². The van der Waals surface area contributed by atoms with Crippen LogP contribution in [0.3, 0.4) is 0 Å². The van der Waals surface area contributed by atoms with Gasteiger partial charge < -0.3 is 10.1 Å². The average molecular weight is 407 g/mol. The molecule has 1 amide bonds. The number of thiazole rings is 1. The minimum absolute atomic E-state index is 0.283. The van der Waals surface area contributed by atoms with Crippen LogP contribution in [0.4, 0.5) is 0 Å². The van der Waals surface area contributed by atoms with Crippen LogP contribution in [0, 0.1) is 6.92 Å². The Balaban J connectivity index is 1.36. The molecule has 0 fully saturated rings. The zero-order chi connectivity index (χ0) is 20.4. The van der Waals surface area contributed by atoms with Gasteiger partial charge in [-0.2, -0.15) is 0 Å². The molecule has 2 heterocycles. The fourth-order valence-corrected chi connectivity index (χ4v) is 4.26. The SMILES string of the molecule is Cc1ccc(-c2nc(CCNC(=O)C3(C)Cc4ccccc4C(=O)O3)cs2)cc1. The summed E-state index contributed by atoms with van der Waals surface area (Å²) in [5, 5.41) is 5.88. The Hall–Kier alpha value is -2.99. The number of carbonyl (C=O) groups excluding carboxylic acids is 2. The van der Waals surface area contributed by atoms with E-state index >= 15 is 0 Å². The summed E-state index contributed by atoms with van der Waals surface area (Å²) in [5.41, 5.74) is 3.42. The quantitative estimate of drug-likeness (QED) is 0.652.